The third-order valence-corrected chi connectivity index (χ3v) is 8.42. The summed E-state index contributed by atoms with van der Waals surface area (Å²) in [4.78, 5) is 21.8. The zero-order valence-corrected chi connectivity index (χ0v) is 18.4. The topological polar surface area (TPSA) is 123 Å². The molecule has 1 aliphatic heterocycles. The van der Waals surface area contributed by atoms with Crippen LogP contribution in [0.5, 0.6) is 0 Å². The minimum absolute atomic E-state index is 0.219. The monoisotopic (exact) mass is 456 g/mol. The number of aromatic nitrogens is 3. The highest BCUT2D eigenvalue weighted by Gasteiger charge is 2.39. The molecule has 0 radical (unpaired) electrons. The van der Waals surface area contributed by atoms with Gasteiger partial charge >= 0.3 is 0 Å². The van der Waals surface area contributed by atoms with Crippen molar-refractivity contribution in [2.45, 2.75) is 48.0 Å². The minimum atomic E-state index is -3.40. The van der Waals surface area contributed by atoms with Crippen LogP contribution in [0.25, 0.3) is 11.0 Å². The molecule has 168 valence electrons. The lowest BCUT2D eigenvalue weighted by atomic mass is 10.00. The Bertz CT molecular complexity index is 1330. The molecule has 0 bridgehead atoms. The molecule has 32 heavy (non-hydrogen) atoms. The molecule has 1 aliphatic carbocycles. The predicted octanol–water partition coefficient (Wildman–Crippen LogP) is 2.18. The van der Waals surface area contributed by atoms with E-state index in [0.717, 1.165) is 6.42 Å². The Morgan fingerprint density at radius 2 is 1.94 bits per heavy atom. The number of nitrogens with one attached hydrogen (secondary N) is 1. The van der Waals surface area contributed by atoms with Gasteiger partial charge in [0.05, 0.1) is 29.8 Å². The van der Waals surface area contributed by atoms with Gasteiger partial charge in [-0.2, -0.15) is 4.98 Å². The lowest BCUT2D eigenvalue weighted by molar-refractivity contribution is 0.0267. The zero-order valence-electron chi connectivity index (χ0n) is 17.6. The first kappa shape index (κ1) is 21.0. The summed E-state index contributed by atoms with van der Waals surface area (Å²) in [6.07, 6.45) is 3.78. The number of ether oxygens (including phenoxy) is 1. The summed E-state index contributed by atoms with van der Waals surface area (Å²) >= 11 is 0. The van der Waals surface area contributed by atoms with Crippen molar-refractivity contribution in [3.05, 3.63) is 52.9 Å². The van der Waals surface area contributed by atoms with Gasteiger partial charge < -0.3 is 15.2 Å². The van der Waals surface area contributed by atoms with Crippen LogP contribution < -0.4 is 10.9 Å². The lowest BCUT2D eigenvalue weighted by Crippen LogP contribution is -2.40. The van der Waals surface area contributed by atoms with Gasteiger partial charge in [0.2, 0.25) is 5.95 Å². The van der Waals surface area contributed by atoms with E-state index >= 15 is 0 Å². The van der Waals surface area contributed by atoms with Crippen LogP contribution in [0.1, 0.15) is 32.2 Å². The molecule has 0 spiro atoms. The van der Waals surface area contributed by atoms with Gasteiger partial charge in [-0.1, -0.05) is 0 Å². The highest BCUT2D eigenvalue weighted by molar-refractivity contribution is 7.92. The Morgan fingerprint density at radius 3 is 2.56 bits per heavy atom. The molecule has 1 aromatic carbocycles. The minimum Gasteiger partial charge on any atom is -0.388 e. The molecule has 2 atom stereocenters. The average Bonchev–Trinajstić information content (AvgIpc) is 3.05. The molecule has 1 saturated heterocycles. The molecule has 1 saturated carbocycles. The fourth-order valence-corrected chi connectivity index (χ4v) is 5.83. The highest BCUT2D eigenvalue weighted by atomic mass is 32.2. The van der Waals surface area contributed by atoms with Crippen LogP contribution in [-0.2, 0) is 14.6 Å². The number of anilines is 2. The maximum Gasteiger partial charge on any atom is 0.252 e. The zero-order chi connectivity index (χ0) is 22.5. The quantitative estimate of drug-likeness (QED) is 0.599. The van der Waals surface area contributed by atoms with E-state index in [-0.39, 0.29) is 35.7 Å². The van der Waals surface area contributed by atoms with Gasteiger partial charge in [-0.05, 0) is 56.5 Å². The van der Waals surface area contributed by atoms with E-state index < -0.39 is 20.7 Å². The molecule has 0 amide bonds. The second kappa shape index (κ2) is 7.65. The fraction of sp³-hybridized carbons (Fsp3) is 0.409. The Labute approximate surface area is 185 Å². The van der Waals surface area contributed by atoms with Gasteiger partial charge in [0.15, 0.2) is 9.84 Å². The number of pyridine rings is 1. The second-order valence-corrected chi connectivity index (χ2v) is 10.9. The van der Waals surface area contributed by atoms with Crippen molar-refractivity contribution in [1.82, 2.24) is 14.5 Å². The van der Waals surface area contributed by atoms with E-state index in [1.807, 2.05) is 0 Å². The van der Waals surface area contributed by atoms with E-state index in [0.29, 0.717) is 29.6 Å². The van der Waals surface area contributed by atoms with Crippen LogP contribution in [0, 0.1) is 0 Å². The molecule has 2 aliphatic rings. The molecule has 10 heteroatoms. The molecule has 2 aromatic heterocycles. The van der Waals surface area contributed by atoms with Gasteiger partial charge in [0.1, 0.15) is 10.9 Å². The molecule has 9 nitrogen and oxygen atoms in total. The fourth-order valence-electron chi connectivity index (χ4n) is 4.38. The summed E-state index contributed by atoms with van der Waals surface area (Å²) in [5.41, 5.74) is -0.134. The number of hydrogen-bond donors (Lipinski definition) is 2. The van der Waals surface area contributed by atoms with Crippen LogP contribution in [0.4, 0.5) is 11.6 Å². The summed E-state index contributed by atoms with van der Waals surface area (Å²) < 4.78 is 31.6. The summed E-state index contributed by atoms with van der Waals surface area (Å²) in [5.74, 6) is 0.275. The SMILES string of the molecule is C[C@@]1(O)CCC[C@H]1n1c(=O)ccc2cnc(Nc3ccc(S(=O)(=O)C4COC4)cc3)nc21. The number of benzene rings is 1. The summed E-state index contributed by atoms with van der Waals surface area (Å²) in [5, 5.41) is 14.0. The second-order valence-electron chi connectivity index (χ2n) is 8.63. The molecule has 3 heterocycles. The lowest BCUT2D eigenvalue weighted by Gasteiger charge is -2.28. The first-order chi connectivity index (χ1) is 15.3. The van der Waals surface area contributed by atoms with Crippen LogP contribution in [0.2, 0.25) is 0 Å². The number of sulfone groups is 1. The Hall–Kier alpha value is -2.82. The molecule has 5 rings (SSSR count). The predicted molar refractivity (Wildman–Crippen MR) is 119 cm³/mol. The van der Waals surface area contributed by atoms with Gasteiger partial charge in [-0.15, -0.1) is 0 Å². The van der Waals surface area contributed by atoms with Gasteiger partial charge in [-0.25, -0.2) is 13.4 Å². The third kappa shape index (κ3) is 3.58. The maximum atomic E-state index is 12.7. The smallest absolute Gasteiger partial charge is 0.252 e. The Kier molecular flexibility index (Phi) is 5.03. The summed E-state index contributed by atoms with van der Waals surface area (Å²) in [6, 6.07) is 9.18. The van der Waals surface area contributed by atoms with Gasteiger partial charge in [0.25, 0.3) is 5.56 Å². The van der Waals surface area contributed by atoms with E-state index in [2.05, 4.69) is 15.3 Å². The normalized spacial score (nSPS) is 23.9. The van der Waals surface area contributed by atoms with Crippen LogP contribution >= 0.6 is 0 Å². The first-order valence-corrected chi connectivity index (χ1v) is 12.1. The van der Waals surface area contributed by atoms with Gasteiger partial charge in [-0.3, -0.25) is 9.36 Å². The van der Waals surface area contributed by atoms with Crippen molar-refractivity contribution in [3.63, 3.8) is 0 Å². The largest absolute Gasteiger partial charge is 0.388 e. The van der Waals surface area contributed by atoms with Crippen LogP contribution in [0.15, 0.2) is 52.3 Å². The summed E-state index contributed by atoms with van der Waals surface area (Å²) in [6.45, 7) is 2.20. The number of aliphatic hydroxyl groups is 1. The van der Waals surface area contributed by atoms with E-state index in [4.69, 9.17) is 4.74 Å². The average molecular weight is 457 g/mol. The molecule has 2 N–H and O–H groups in total. The number of rotatable bonds is 5. The number of hydrogen-bond acceptors (Lipinski definition) is 8. The molecule has 2 fully saturated rings. The standard InChI is InChI=1S/C22H24N4O5S/c1-22(28)10-2-3-18(22)26-19(27)9-4-14-11-23-21(25-20(14)26)24-15-5-7-16(8-6-15)32(29,30)17-12-31-13-17/h4-9,11,17-18,28H,2-3,10,12-13H2,1H3,(H,23,24,25)/t18-,22-/m1/s1. The first-order valence-electron chi connectivity index (χ1n) is 10.6. The molecular formula is C22H24N4O5S. The van der Waals surface area contributed by atoms with Crippen LogP contribution in [-0.4, -0.2) is 52.1 Å². The molecule has 3 aromatic rings. The van der Waals surface area contributed by atoms with E-state index in [1.165, 1.54) is 6.07 Å². The number of fused-ring (bicyclic) bond motifs is 1. The van der Waals surface area contributed by atoms with Crippen LogP contribution in [0.3, 0.4) is 0 Å². The Morgan fingerprint density at radius 1 is 1.19 bits per heavy atom. The third-order valence-electron chi connectivity index (χ3n) is 6.34. The number of nitrogens with zero attached hydrogens (tertiary/aromatic N) is 3. The van der Waals surface area contributed by atoms with Crippen molar-refractivity contribution >= 4 is 32.5 Å². The van der Waals surface area contributed by atoms with Crippen molar-refractivity contribution in [2.24, 2.45) is 0 Å². The van der Waals surface area contributed by atoms with Crippen molar-refractivity contribution in [2.75, 3.05) is 18.5 Å². The van der Waals surface area contributed by atoms with E-state index in [9.17, 15) is 18.3 Å². The van der Waals surface area contributed by atoms with Crippen molar-refractivity contribution in [3.8, 4) is 0 Å². The molecular weight excluding hydrogens is 432 g/mol. The highest BCUT2D eigenvalue weighted by Crippen LogP contribution is 2.39. The van der Waals surface area contributed by atoms with Crippen molar-refractivity contribution < 1.29 is 18.3 Å². The van der Waals surface area contributed by atoms with E-state index in [1.54, 1.807) is 48.0 Å². The summed E-state index contributed by atoms with van der Waals surface area (Å²) in [7, 11) is -3.40. The van der Waals surface area contributed by atoms with Crippen molar-refractivity contribution in [1.29, 1.82) is 0 Å². The maximum absolute atomic E-state index is 12.7. The molecule has 0 unspecified atom stereocenters. The van der Waals surface area contributed by atoms with Gasteiger partial charge in [0, 0.05) is 23.3 Å². The Balaban J connectivity index is 1.46.